The van der Waals surface area contributed by atoms with Crippen LogP contribution >= 0.6 is 0 Å². The lowest BCUT2D eigenvalue weighted by molar-refractivity contribution is -0.120. The molecule has 2 aliphatic heterocycles. The van der Waals surface area contributed by atoms with Gasteiger partial charge in [-0.2, -0.15) is 0 Å². The first kappa shape index (κ1) is 19.3. The fourth-order valence-electron chi connectivity index (χ4n) is 2.90. The molecule has 8 heteroatoms. The summed E-state index contributed by atoms with van der Waals surface area (Å²) in [6, 6.07) is 4.49. The number of amides is 2. The summed E-state index contributed by atoms with van der Waals surface area (Å²) >= 11 is 0. The molecule has 2 amide bonds. The number of hydrogen-bond donors (Lipinski definition) is 1. The highest BCUT2D eigenvalue weighted by molar-refractivity contribution is 6.00. The van der Waals surface area contributed by atoms with Gasteiger partial charge in [0, 0.05) is 19.5 Å². The number of anilines is 1. The number of benzene rings is 1. The highest BCUT2D eigenvalue weighted by atomic mass is 16.6. The number of nitrogens with zero attached hydrogens (tertiary/aromatic N) is 1. The third-order valence-corrected chi connectivity index (χ3v) is 4.21. The summed E-state index contributed by atoms with van der Waals surface area (Å²) in [5.74, 6) is 0.904. The molecule has 27 heavy (non-hydrogen) atoms. The Bertz CT molecular complexity index is 709. The van der Waals surface area contributed by atoms with E-state index in [0.29, 0.717) is 30.4 Å². The molecule has 0 aliphatic carbocycles. The number of hydrogen-bond acceptors (Lipinski definition) is 6. The molecule has 8 nitrogen and oxygen atoms in total. The lowest BCUT2D eigenvalue weighted by Gasteiger charge is -2.24. The summed E-state index contributed by atoms with van der Waals surface area (Å²) < 4.78 is 22.2. The Balaban J connectivity index is 1.71. The Kier molecular flexibility index (Phi) is 5.46. The maximum atomic E-state index is 12.8. The van der Waals surface area contributed by atoms with E-state index in [1.165, 1.54) is 4.90 Å². The Morgan fingerprint density at radius 2 is 2.07 bits per heavy atom. The number of carbonyl (C=O) groups is 2. The third-order valence-electron chi connectivity index (χ3n) is 4.21. The molecule has 1 saturated heterocycles. The van der Waals surface area contributed by atoms with Crippen molar-refractivity contribution in [3.63, 3.8) is 0 Å². The van der Waals surface area contributed by atoms with Crippen LogP contribution in [0.2, 0.25) is 0 Å². The normalized spacial score (nSPS) is 22.5. The lowest BCUT2D eigenvalue weighted by atomic mass is 10.2. The van der Waals surface area contributed by atoms with Crippen LogP contribution in [0.3, 0.4) is 0 Å². The van der Waals surface area contributed by atoms with Gasteiger partial charge in [-0.25, -0.2) is 4.79 Å². The predicted octanol–water partition coefficient (Wildman–Crippen LogP) is 2.10. The van der Waals surface area contributed by atoms with E-state index in [1.807, 2.05) is 0 Å². The van der Waals surface area contributed by atoms with Crippen LogP contribution in [-0.4, -0.2) is 56.6 Å². The summed E-state index contributed by atoms with van der Waals surface area (Å²) in [7, 11) is 1.64. The molecule has 0 radical (unpaired) electrons. The number of carbonyl (C=O) groups excluding carboxylic acids is 2. The van der Waals surface area contributed by atoms with Crippen LogP contribution in [-0.2, 0) is 14.3 Å². The first-order valence-electron chi connectivity index (χ1n) is 9.01. The number of ether oxygens (including phenoxy) is 4. The summed E-state index contributed by atoms with van der Waals surface area (Å²) in [6.07, 6.45) is 0.191. The van der Waals surface area contributed by atoms with Gasteiger partial charge >= 0.3 is 6.09 Å². The van der Waals surface area contributed by atoms with Crippen molar-refractivity contribution in [1.82, 2.24) is 5.32 Å². The summed E-state index contributed by atoms with van der Waals surface area (Å²) in [5, 5.41) is 2.58. The van der Waals surface area contributed by atoms with E-state index < -0.39 is 17.7 Å². The molecule has 0 aromatic heterocycles. The minimum Gasteiger partial charge on any atom is -0.489 e. The van der Waals surface area contributed by atoms with Gasteiger partial charge in [0.25, 0.3) is 5.91 Å². The first-order chi connectivity index (χ1) is 12.7. The van der Waals surface area contributed by atoms with Crippen LogP contribution in [0.15, 0.2) is 18.2 Å². The molecule has 148 valence electrons. The Morgan fingerprint density at radius 1 is 1.30 bits per heavy atom. The SMILES string of the molecule is CN1C(=O)[C@@H](NC(=O)OC(C)(C)C)COc2ccc(O[C@@H]3CCOC3)cc21. The van der Waals surface area contributed by atoms with Crippen molar-refractivity contribution in [3.8, 4) is 11.5 Å². The van der Waals surface area contributed by atoms with E-state index in [4.69, 9.17) is 18.9 Å². The molecule has 2 aliphatic rings. The van der Waals surface area contributed by atoms with Crippen molar-refractivity contribution in [2.45, 2.75) is 44.9 Å². The zero-order chi connectivity index (χ0) is 19.6. The fourth-order valence-corrected chi connectivity index (χ4v) is 2.90. The number of likely N-dealkylation sites (N-methyl/N-ethyl adjacent to an activating group) is 1. The van der Waals surface area contributed by atoms with Crippen LogP contribution in [0, 0.1) is 0 Å². The zero-order valence-corrected chi connectivity index (χ0v) is 16.1. The van der Waals surface area contributed by atoms with E-state index in [9.17, 15) is 9.59 Å². The molecule has 1 fully saturated rings. The van der Waals surface area contributed by atoms with Crippen LogP contribution in [0.1, 0.15) is 27.2 Å². The van der Waals surface area contributed by atoms with E-state index in [-0.39, 0.29) is 18.6 Å². The number of rotatable bonds is 3. The van der Waals surface area contributed by atoms with E-state index >= 15 is 0 Å². The van der Waals surface area contributed by atoms with E-state index in [0.717, 1.165) is 6.42 Å². The second-order valence-electron chi connectivity index (χ2n) is 7.64. The molecule has 0 saturated carbocycles. The topological polar surface area (TPSA) is 86.3 Å². The number of nitrogens with one attached hydrogen (secondary N) is 1. The maximum absolute atomic E-state index is 12.8. The second-order valence-corrected chi connectivity index (χ2v) is 7.64. The molecular weight excluding hydrogens is 352 g/mol. The summed E-state index contributed by atoms with van der Waals surface area (Å²) in [6.45, 7) is 6.55. The molecule has 2 atom stereocenters. The van der Waals surface area contributed by atoms with Crippen LogP contribution < -0.4 is 19.7 Å². The van der Waals surface area contributed by atoms with E-state index in [2.05, 4.69) is 5.32 Å². The zero-order valence-electron chi connectivity index (χ0n) is 16.1. The highest BCUT2D eigenvalue weighted by Gasteiger charge is 2.32. The minimum atomic E-state index is -0.843. The van der Waals surface area contributed by atoms with Crippen molar-refractivity contribution >= 4 is 17.7 Å². The van der Waals surface area contributed by atoms with Crippen molar-refractivity contribution < 1.29 is 28.5 Å². The van der Waals surface area contributed by atoms with Gasteiger partial charge in [-0.15, -0.1) is 0 Å². The van der Waals surface area contributed by atoms with Gasteiger partial charge in [-0.3, -0.25) is 4.79 Å². The lowest BCUT2D eigenvalue weighted by Crippen LogP contribution is -2.50. The van der Waals surface area contributed by atoms with Crippen molar-refractivity contribution in [2.24, 2.45) is 0 Å². The Morgan fingerprint density at radius 3 is 2.74 bits per heavy atom. The molecular formula is C19H26N2O6. The second kappa shape index (κ2) is 7.64. The van der Waals surface area contributed by atoms with Crippen LogP contribution in [0.25, 0.3) is 0 Å². The van der Waals surface area contributed by atoms with Gasteiger partial charge in [0.2, 0.25) is 0 Å². The van der Waals surface area contributed by atoms with Gasteiger partial charge < -0.3 is 29.2 Å². The van der Waals surface area contributed by atoms with Crippen molar-refractivity contribution in [1.29, 1.82) is 0 Å². The Labute approximate surface area is 158 Å². The summed E-state index contributed by atoms with van der Waals surface area (Å²) in [5.41, 5.74) is -0.0612. The fraction of sp³-hybridized carbons (Fsp3) is 0.579. The molecule has 1 aromatic carbocycles. The van der Waals surface area contributed by atoms with Gasteiger partial charge in [-0.05, 0) is 32.9 Å². The van der Waals surface area contributed by atoms with Gasteiger partial charge in [0.05, 0.1) is 18.9 Å². The summed E-state index contributed by atoms with van der Waals surface area (Å²) in [4.78, 5) is 26.3. The van der Waals surface area contributed by atoms with Crippen LogP contribution in [0.4, 0.5) is 10.5 Å². The molecule has 0 unspecified atom stereocenters. The molecule has 1 N–H and O–H groups in total. The van der Waals surface area contributed by atoms with Gasteiger partial charge in [0.15, 0.2) is 0 Å². The van der Waals surface area contributed by atoms with Crippen molar-refractivity contribution in [3.05, 3.63) is 18.2 Å². The molecule has 1 aromatic rings. The van der Waals surface area contributed by atoms with Gasteiger partial charge in [0.1, 0.15) is 35.9 Å². The number of alkyl carbamates (subject to hydrolysis) is 1. The minimum absolute atomic E-state index is 0.0114. The predicted molar refractivity (Wildman–Crippen MR) is 98.4 cm³/mol. The van der Waals surface area contributed by atoms with Crippen molar-refractivity contribution in [2.75, 3.05) is 31.8 Å². The molecule has 0 spiro atoms. The quantitative estimate of drug-likeness (QED) is 0.867. The monoisotopic (exact) mass is 378 g/mol. The van der Waals surface area contributed by atoms with E-state index in [1.54, 1.807) is 46.0 Å². The van der Waals surface area contributed by atoms with Crippen LogP contribution in [0.5, 0.6) is 11.5 Å². The standard InChI is InChI=1S/C19H26N2O6/c1-19(2,3)27-18(23)20-14-11-25-16-6-5-12(26-13-7-8-24-10-13)9-15(16)21(4)17(14)22/h5-6,9,13-14H,7-8,10-11H2,1-4H3,(H,20,23)/t13-,14+/m1/s1. The largest absolute Gasteiger partial charge is 0.489 e. The first-order valence-corrected chi connectivity index (χ1v) is 9.01. The molecule has 2 heterocycles. The number of fused-ring (bicyclic) bond motifs is 1. The third kappa shape index (κ3) is 4.82. The highest BCUT2D eigenvalue weighted by Crippen LogP contribution is 2.35. The smallest absolute Gasteiger partial charge is 0.408 e. The van der Waals surface area contributed by atoms with Gasteiger partial charge in [-0.1, -0.05) is 0 Å². The average molecular weight is 378 g/mol. The molecule has 0 bridgehead atoms. The average Bonchev–Trinajstić information content (AvgIpc) is 3.05. The Hall–Kier alpha value is -2.48. The maximum Gasteiger partial charge on any atom is 0.408 e. The molecule has 3 rings (SSSR count).